The lowest BCUT2D eigenvalue weighted by molar-refractivity contribution is -0.108. The standard InChI is InChI=1S/C15H13FO/c1-11-7-8-13(15(16)9-11)14(10-17)12-5-3-2-4-6-12/h2-10,14H,1H3. The Labute approximate surface area is 99.9 Å². The molecule has 86 valence electrons. The van der Waals surface area contributed by atoms with Gasteiger partial charge >= 0.3 is 0 Å². The minimum atomic E-state index is -0.531. The molecule has 0 heterocycles. The number of carbonyl (C=O) groups is 1. The molecule has 0 fully saturated rings. The topological polar surface area (TPSA) is 17.1 Å². The predicted molar refractivity (Wildman–Crippen MR) is 65.5 cm³/mol. The average Bonchev–Trinajstić information content (AvgIpc) is 2.34. The maximum absolute atomic E-state index is 13.8. The van der Waals surface area contributed by atoms with Crippen LogP contribution in [0.4, 0.5) is 4.39 Å². The second-order valence-corrected chi connectivity index (χ2v) is 4.05. The normalized spacial score (nSPS) is 12.1. The van der Waals surface area contributed by atoms with E-state index < -0.39 is 5.92 Å². The summed E-state index contributed by atoms with van der Waals surface area (Å²) in [7, 11) is 0. The third-order valence-electron chi connectivity index (χ3n) is 2.79. The van der Waals surface area contributed by atoms with Crippen LogP contribution in [0.5, 0.6) is 0 Å². The molecule has 0 aromatic heterocycles. The molecule has 17 heavy (non-hydrogen) atoms. The molecule has 0 aliphatic carbocycles. The summed E-state index contributed by atoms with van der Waals surface area (Å²) in [5, 5.41) is 0. The van der Waals surface area contributed by atoms with Crippen molar-refractivity contribution in [2.45, 2.75) is 12.8 Å². The zero-order chi connectivity index (χ0) is 12.3. The van der Waals surface area contributed by atoms with Crippen LogP contribution in [-0.4, -0.2) is 6.29 Å². The summed E-state index contributed by atoms with van der Waals surface area (Å²) >= 11 is 0. The number of rotatable bonds is 3. The van der Waals surface area contributed by atoms with E-state index in [4.69, 9.17) is 0 Å². The third-order valence-corrected chi connectivity index (χ3v) is 2.79. The summed E-state index contributed by atoms with van der Waals surface area (Å²) in [5.74, 6) is -0.859. The fourth-order valence-electron chi connectivity index (χ4n) is 1.88. The lowest BCUT2D eigenvalue weighted by atomic mass is 9.92. The highest BCUT2D eigenvalue weighted by Crippen LogP contribution is 2.25. The van der Waals surface area contributed by atoms with Crippen LogP contribution >= 0.6 is 0 Å². The molecule has 2 aromatic rings. The molecule has 0 radical (unpaired) electrons. The first-order chi connectivity index (χ1) is 8.22. The smallest absolute Gasteiger partial charge is 0.131 e. The molecule has 1 atom stereocenters. The van der Waals surface area contributed by atoms with E-state index in [0.717, 1.165) is 17.4 Å². The summed E-state index contributed by atoms with van der Waals surface area (Å²) in [6.45, 7) is 1.82. The van der Waals surface area contributed by atoms with Crippen molar-refractivity contribution in [3.8, 4) is 0 Å². The first kappa shape index (κ1) is 11.5. The predicted octanol–water partition coefficient (Wildman–Crippen LogP) is 3.46. The minimum Gasteiger partial charge on any atom is -0.302 e. The summed E-state index contributed by atoms with van der Waals surface area (Å²) in [6, 6.07) is 14.2. The summed E-state index contributed by atoms with van der Waals surface area (Å²) in [6.07, 6.45) is 0.781. The maximum atomic E-state index is 13.8. The van der Waals surface area contributed by atoms with Gasteiger partial charge in [-0.1, -0.05) is 42.5 Å². The molecule has 2 heteroatoms. The van der Waals surface area contributed by atoms with E-state index in [1.165, 1.54) is 6.07 Å². The van der Waals surface area contributed by atoms with Crippen molar-refractivity contribution in [2.75, 3.05) is 0 Å². The van der Waals surface area contributed by atoms with Gasteiger partial charge in [-0.05, 0) is 24.1 Å². The molecular formula is C15H13FO. The molecule has 0 saturated carbocycles. The summed E-state index contributed by atoms with van der Waals surface area (Å²) in [4.78, 5) is 11.2. The fraction of sp³-hybridized carbons (Fsp3) is 0.133. The highest BCUT2D eigenvalue weighted by atomic mass is 19.1. The van der Waals surface area contributed by atoms with Crippen LogP contribution in [0.15, 0.2) is 48.5 Å². The van der Waals surface area contributed by atoms with Gasteiger partial charge in [0.2, 0.25) is 0 Å². The summed E-state index contributed by atoms with van der Waals surface area (Å²) < 4.78 is 13.8. The van der Waals surface area contributed by atoms with Gasteiger partial charge in [0.05, 0.1) is 5.92 Å². The lowest BCUT2D eigenvalue weighted by Gasteiger charge is -2.12. The third kappa shape index (κ3) is 2.41. The number of benzene rings is 2. The molecule has 0 bridgehead atoms. The fourth-order valence-corrected chi connectivity index (χ4v) is 1.88. The molecule has 0 aliphatic rings. The van der Waals surface area contributed by atoms with Crippen molar-refractivity contribution in [1.29, 1.82) is 0 Å². The monoisotopic (exact) mass is 228 g/mol. The molecule has 2 aromatic carbocycles. The summed E-state index contributed by atoms with van der Waals surface area (Å²) in [5.41, 5.74) is 2.09. The van der Waals surface area contributed by atoms with E-state index in [-0.39, 0.29) is 5.82 Å². The second-order valence-electron chi connectivity index (χ2n) is 4.05. The van der Waals surface area contributed by atoms with E-state index in [1.807, 2.05) is 43.3 Å². The molecule has 0 spiro atoms. The number of hydrogen-bond acceptors (Lipinski definition) is 1. The van der Waals surface area contributed by atoms with Crippen LogP contribution in [0.3, 0.4) is 0 Å². The zero-order valence-electron chi connectivity index (χ0n) is 9.56. The minimum absolute atomic E-state index is 0.328. The highest BCUT2D eigenvalue weighted by molar-refractivity contribution is 5.68. The van der Waals surface area contributed by atoms with Crippen molar-refractivity contribution in [2.24, 2.45) is 0 Å². The number of carbonyl (C=O) groups excluding carboxylic acids is 1. The van der Waals surface area contributed by atoms with Gasteiger partial charge in [0.15, 0.2) is 0 Å². The zero-order valence-corrected chi connectivity index (χ0v) is 9.56. The molecule has 0 aliphatic heterocycles. The van der Waals surface area contributed by atoms with E-state index in [9.17, 15) is 9.18 Å². The Morgan fingerprint density at radius 2 is 1.82 bits per heavy atom. The maximum Gasteiger partial charge on any atom is 0.131 e. The molecular weight excluding hydrogens is 215 g/mol. The Hall–Kier alpha value is -1.96. The largest absolute Gasteiger partial charge is 0.302 e. The number of aryl methyl sites for hydroxylation is 1. The van der Waals surface area contributed by atoms with Crippen LogP contribution in [-0.2, 0) is 4.79 Å². The van der Waals surface area contributed by atoms with Crippen LogP contribution in [0.25, 0.3) is 0 Å². The average molecular weight is 228 g/mol. The van der Waals surface area contributed by atoms with Gasteiger partial charge in [0.25, 0.3) is 0 Å². The molecule has 1 unspecified atom stereocenters. The lowest BCUT2D eigenvalue weighted by Crippen LogP contribution is -2.05. The Balaban J connectivity index is 2.46. The van der Waals surface area contributed by atoms with E-state index in [1.54, 1.807) is 6.07 Å². The van der Waals surface area contributed by atoms with Crippen LogP contribution < -0.4 is 0 Å². The second kappa shape index (κ2) is 4.91. The Morgan fingerprint density at radius 1 is 1.12 bits per heavy atom. The van der Waals surface area contributed by atoms with Crippen molar-refractivity contribution < 1.29 is 9.18 Å². The van der Waals surface area contributed by atoms with Gasteiger partial charge in [-0.15, -0.1) is 0 Å². The molecule has 0 amide bonds. The number of halogens is 1. The Bertz CT molecular complexity index is 520. The molecule has 0 N–H and O–H groups in total. The molecule has 1 nitrogen and oxygen atoms in total. The van der Waals surface area contributed by atoms with E-state index in [2.05, 4.69) is 0 Å². The van der Waals surface area contributed by atoms with Crippen molar-refractivity contribution in [3.05, 3.63) is 71.0 Å². The van der Waals surface area contributed by atoms with Gasteiger partial charge in [0.1, 0.15) is 12.1 Å². The number of aldehydes is 1. The quantitative estimate of drug-likeness (QED) is 0.735. The SMILES string of the molecule is Cc1ccc(C(C=O)c2ccccc2)c(F)c1. The number of hydrogen-bond donors (Lipinski definition) is 0. The molecule has 2 rings (SSSR count). The van der Waals surface area contributed by atoms with Gasteiger partial charge in [-0.25, -0.2) is 4.39 Å². The van der Waals surface area contributed by atoms with Crippen LogP contribution in [0, 0.1) is 12.7 Å². The van der Waals surface area contributed by atoms with E-state index >= 15 is 0 Å². The van der Waals surface area contributed by atoms with E-state index in [0.29, 0.717) is 5.56 Å². The van der Waals surface area contributed by atoms with Crippen molar-refractivity contribution in [1.82, 2.24) is 0 Å². The van der Waals surface area contributed by atoms with Crippen LogP contribution in [0.1, 0.15) is 22.6 Å². The van der Waals surface area contributed by atoms with Crippen LogP contribution in [0.2, 0.25) is 0 Å². The van der Waals surface area contributed by atoms with Crippen molar-refractivity contribution >= 4 is 6.29 Å². The van der Waals surface area contributed by atoms with Gasteiger partial charge in [-0.2, -0.15) is 0 Å². The first-order valence-electron chi connectivity index (χ1n) is 5.48. The Kier molecular flexibility index (Phi) is 3.33. The van der Waals surface area contributed by atoms with Gasteiger partial charge < -0.3 is 4.79 Å². The molecule has 0 saturated heterocycles. The first-order valence-corrected chi connectivity index (χ1v) is 5.48. The Morgan fingerprint density at radius 3 is 2.41 bits per heavy atom. The van der Waals surface area contributed by atoms with Gasteiger partial charge in [-0.3, -0.25) is 0 Å². The van der Waals surface area contributed by atoms with Crippen molar-refractivity contribution in [3.63, 3.8) is 0 Å². The highest BCUT2D eigenvalue weighted by Gasteiger charge is 2.16. The van der Waals surface area contributed by atoms with Gasteiger partial charge in [0, 0.05) is 5.56 Å².